The molecule has 0 bridgehead atoms. The van der Waals surface area contributed by atoms with Gasteiger partial charge in [0.05, 0.1) is 12.5 Å². The molecule has 0 saturated heterocycles. The van der Waals surface area contributed by atoms with Crippen molar-refractivity contribution in [2.24, 2.45) is 0 Å². The van der Waals surface area contributed by atoms with E-state index >= 15 is 0 Å². The van der Waals surface area contributed by atoms with Crippen molar-refractivity contribution in [3.63, 3.8) is 0 Å². The molecule has 0 atom stereocenters. The number of nitriles is 1. The minimum Gasteiger partial charge on any atom is -0.303 e. The quantitative estimate of drug-likeness (QED) is 0.330. The van der Waals surface area contributed by atoms with Crippen molar-refractivity contribution in [3.05, 3.63) is 11.4 Å². The Hall–Kier alpha value is -1.46. The molecule has 0 unspecified atom stereocenters. The number of hydrogen-bond donors (Lipinski definition) is 0. The molecule has 0 aliphatic rings. The molecule has 0 aromatic rings. The highest BCUT2D eigenvalue weighted by Crippen LogP contribution is 1.67. The molecule has 0 radical (unpaired) electrons. The summed E-state index contributed by atoms with van der Waals surface area (Å²) in [5.41, 5.74) is 0. The van der Waals surface area contributed by atoms with Gasteiger partial charge in [0.25, 0.3) is 6.54 Å². The van der Waals surface area contributed by atoms with Crippen LogP contribution in [0.3, 0.4) is 0 Å². The van der Waals surface area contributed by atoms with E-state index in [1.54, 1.807) is 0 Å². The van der Waals surface area contributed by atoms with Crippen molar-refractivity contribution in [3.8, 4) is 17.9 Å². The zero-order valence-corrected chi connectivity index (χ0v) is 4.31. The topological polar surface area (TPSA) is 28.1 Å². The van der Waals surface area contributed by atoms with E-state index in [1.807, 2.05) is 6.07 Å². The maximum Gasteiger partial charge on any atom is 0.274 e. The van der Waals surface area contributed by atoms with Gasteiger partial charge in [-0.3, -0.25) is 0 Å². The van der Waals surface area contributed by atoms with E-state index in [9.17, 15) is 0 Å². The van der Waals surface area contributed by atoms with Gasteiger partial charge in [0.1, 0.15) is 0 Å². The van der Waals surface area contributed by atoms with Gasteiger partial charge in [-0.25, -0.2) is 6.57 Å². The fourth-order valence-electron chi connectivity index (χ4n) is 0.197. The molecule has 0 heterocycles. The second-order valence-corrected chi connectivity index (χ2v) is 1.00. The molecule has 0 amide bonds. The lowest BCUT2D eigenvalue weighted by molar-refractivity contribution is 1.39. The molecular formula is C6H4N2. The number of nitrogens with zero attached hydrogens (tertiary/aromatic N) is 2. The lowest BCUT2D eigenvalue weighted by Gasteiger charge is -1.62. The van der Waals surface area contributed by atoms with Crippen LogP contribution in [0.15, 0.2) is 0 Å². The summed E-state index contributed by atoms with van der Waals surface area (Å²) < 4.78 is 0. The average Bonchev–Trinajstić information content (AvgIpc) is 1.81. The summed E-state index contributed by atoms with van der Waals surface area (Å²) in [5, 5.41) is 7.94. The highest BCUT2D eigenvalue weighted by molar-refractivity contribution is 5.07. The standard InChI is InChI=1S/C6H4N2/c1-8-6-4-2-3-5-7/h3,6H2. The van der Waals surface area contributed by atoms with Gasteiger partial charge in [-0.05, 0) is 5.92 Å². The first-order chi connectivity index (χ1) is 3.91. The van der Waals surface area contributed by atoms with Gasteiger partial charge < -0.3 is 4.85 Å². The van der Waals surface area contributed by atoms with Crippen LogP contribution in [0.5, 0.6) is 0 Å². The highest BCUT2D eigenvalue weighted by atomic mass is 14.6. The molecule has 0 saturated carbocycles. The lowest BCUT2D eigenvalue weighted by Crippen LogP contribution is -1.63. The Morgan fingerprint density at radius 3 is 2.75 bits per heavy atom. The minimum atomic E-state index is 0.210. The van der Waals surface area contributed by atoms with Crippen LogP contribution in [-0.4, -0.2) is 6.54 Å². The molecule has 0 aliphatic carbocycles. The minimum absolute atomic E-state index is 0.210. The summed E-state index contributed by atoms with van der Waals surface area (Å²) in [6.07, 6.45) is 0.232. The van der Waals surface area contributed by atoms with Gasteiger partial charge in [-0.1, -0.05) is 5.92 Å². The smallest absolute Gasteiger partial charge is 0.274 e. The second kappa shape index (κ2) is 5.54. The van der Waals surface area contributed by atoms with Crippen LogP contribution < -0.4 is 0 Å². The zero-order chi connectivity index (χ0) is 6.24. The van der Waals surface area contributed by atoms with E-state index in [2.05, 4.69) is 16.7 Å². The van der Waals surface area contributed by atoms with Crippen molar-refractivity contribution in [1.29, 1.82) is 5.26 Å². The van der Waals surface area contributed by atoms with Crippen LogP contribution in [-0.2, 0) is 0 Å². The van der Waals surface area contributed by atoms with E-state index in [0.29, 0.717) is 0 Å². The molecule has 0 spiro atoms. The summed E-state index contributed by atoms with van der Waals surface area (Å²) in [7, 11) is 0. The van der Waals surface area contributed by atoms with Gasteiger partial charge in [0.15, 0.2) is 0 Å². The summed E-state index contributed by atoms with van der Waals surface area (Å²) in [5.74, 6) is 5.02. The summed E-state index contributed by atoms with van der Waals surface area (Å²) in [6, 6.07) is 1.85. The predicted molar refractivity (Wildman–Crippen MR) is 29.5 cm³/mol. The Bertz CT molecular complexity index is 161. The molecule has 0 rings (SSSR count). The first-order valence-corrected chi connectivity index (χ1v) is 2.07. The molecule has 0 fully saturated rings. The van der Waals surface area contributed by atoms with E-state index < -0.39 is 0 Å². The largest absolute Gasteiger partial charge is 0.303 e. The second-order valence-electron chi connectivity index (χ2n) is 1.00. The Morgan fingerprint density at radius 2 is 2.25 bits per heavy atom. The molecule has 0 aliphatic heterocycles. The lowest BCUT2D eigenvalue weighted by atomic mass is 10.4. The normalized spacial score (nSPS) is 5.25. The van der Waals surface area contributed by atoms with Crippen LogP contribution in [0.4, 0.5) is 0 Å². The van der Waals surface area contributed by atoms with Crippen LogP contribution in [0, 0.1) is 29.7 Å². The van der Waals surface area contributed by atoms with E-state index in [1.165, 1.54) is 0 Å². The van der Waals surface area contributed by atoms with Crippen molar-refractivity contribution in [2.75, 3.05) is 6.54 Å². The Labute approximate surface area is 48.6 Å². The summed E-state index contributed by atoms with van der Waals surface area (Å²) >= 11 is 0. The van der Waals surface area contributed by atoms with Crippen molar-refractivity contribution in [1.82, 2.24) is 0 Å². The van der Waals surface area contributed by atoms with Crippen LogP contribution in [0.2, 0.25) is 0 Å². The van der Waals surface area contributed by atoms with Gasteiger partial charge in [0.2, 0.25) is 0 Å². The fourth-order valence-corrected chi connectivity index (χ4v) is 0.197. The maximum atomic E-state index is 7.94. The van der Waals surface area contributed by atoms with E-state index in [0.717, 1.165) is 0 Å². The van der Waals surface area contributed by atoms with Gasteiger partial charge in [0, 0.05) is 0 Å². The third kappa shape index (κ3) is 4.54. The van der Waals surface area contributed by atoms with Crippen molar-refractivity contribution >= 4 is 0 Å². The zero-order valence-electron chi connectivity index (χ0n) is 4.31. The molecule has 0 aromatic carbocycles. The molecule has 8 heavy (non-hydrogen) atoms. The number of hydrogen-bond acceptors (Lipinski definition) is 1. The molecule has 2 nitrogen and oxygen atoms in total. The summed E-state index contributed by atoms with van der Waals surface area (Å²) in [4.78, 5) is 2.97. The fraction of sp³-hybridized carbons (Fsp3) is 0.333. The van der Waals surface area contributed by atoms with E-state index in [4.69, 9.17) is 11.8 Å². The molecule has 38 valence electrons. The third-order valence-corrected chi connectivity index (χ3v) is 0.451. The SMILES string of the molecule is [C-]#[N+]CC#CCC#N. The highest BCUT2D eigenvalue weighted by Gasteiger charge is 1.68. The van der Waals surface area contributed by atoms with Crippen LogP contribution >= 0.6 is 0 Å². The molecule has 0 N–H and O–H groups in total. The first kappa shape index (κ1) is 6.54. The number of rotatable bonds is 0. The van der Waals surface area contributed by atoms with E-state index in [-0.39, 0.29) is 13.0 Å². The Balaban J connectivity index is 3.28. The van der Waals surface area contributed by atoms with Crippen LogP contribution in [0.25, 0.3) is 4.85 Å². The predicted octanol–water partition coefficient (Wildman–Crippen LogP) is 0.823. The molecular weight excluding hydrogens is 100 g/mol. The van der Waals surface area contributed by atoms with Gasteiger partial charge in [-0.2, -0.15) is 5.26 Å². The Morgan fingerprint density at radius 1 is 1.50 bits per heavy atom. The first-order valence-electron chi connectivity index (χ1n) is 2.07. The summed E-state index contributed by atoms with van der Waals surface area (Å²) in [6.45, 7) is 6.49. The molecule has 0 aromatic heterocycles. The van der Waals surface area contributed by atoms with Crippen molar-refractivity contribution in [2.45, 2.75) is 6.42 Å². The van der Waals surface area contributed by atoms with Gasteiger partial charge in [-0.15, -0.1) is 0 Å². The van der Waals surface area contributed by atoms with Gasteiger partial charge >= 0.3 is 0 Å². The monoisotopic (exact) mass is 104 g/mol. The Kier molecular flexibility index (Phi) is 4.53. The maximum absolute atomic E-state index is 7.94. The molecule has 2 heteroatoms. The third-order valence-electron chi connectivity index (χ3n) is 0.451. The average molecular weight is 104 g/mol. The van der Waals surface area contributed by atoms with Crippen LogP contribution in [0.1, 0.15) is 6.42 Å². The van der Waals surface area contributed by atoms with Crippen molar-refractivity contribution < 1.29 is 0 Å².